The number of amides is 1. The van der Waals surface area contributed by atoms with Gasteiger partial charge in [0.2, 0.25) is 0 Å². The molecule has 1 aromatic carbocycles. The van der Waals surface area contributed by atoms with Crippen LogP contribution < -0.4 is 20.9 Å². The van der Waals surface area contributed by atoms with E-state index in [0.717, 1.165) is 11.8 Å². The summed E-state index contributed by atoms with van der Waals surface area (Å²) in [4.78, 5) is 56.7. The van der Waals surface area contributed by atoms with Gasteiger partial charge in [0.05, 0.1) is 28.8 Å². The summed E-state index contributed by atoms with van der Waals surface area (Å²) >= 11 is 6.69. The van der Waals surface area contributed by atoms with E-state index in [1.807, 2.05) is 29.2 Å². The lowest BCUT2D eigenvalue weighted by molar-refractivity contribution is -0.148. The van der Waals surface area contributed by atoms with Crippen molar-refractivity contribution >= 4 is 57.8 Å². The lowest BCUT2D eigenvalue weighted by Gasteiger charge is -2.35. The van der Waals surface area contributed by atoms with Crippen LogP contribution in [0, 0.1) is 31.1 Å². The number of hydrogen-bond donors (Lipinski definition) is 0. The minimum atomic E-state index is -0.468. The molecule has 0 spiro atoms. The third kappa shape index (κ3) is 5.18. The van der Waals surface area contributed by atoms with Crippen molar-refractivity contribution in [3.8, 4) is 11.8 Å². The summed E-state index contributed by atoms with van der Waals surface area (Å²) < 4.78 is 10.00. The van der Waals surface area contributed by atoms with Crippen molar-refractivity contribution in [2.24, 2.45) is 20.0 Å². The Morgan fingerprint density at radius 1 is 1.11 bits per heavy atom. The Hall–Kier alpha value is -4.41. The Bertz CT molecular complexity index is 1870. The third-order valence-electron chi connectivity index (χ3n) is 8.20. The topological polar surface area (TPSA) is 123 Å². The van der Waals surface area contributed by atoms with Gasteiger partial charge in [-0.05, 0) is 57.4 Å². The van der Waals surface area contributed by atoms with Gasteiger partial charge in [-0.1, -0.05) is 42.2 Å². The number of nitriles is 1. The maximum Gasteiger partial charge on any atom is 0.309 e. The minimum absolute atomic E-state index is 0.0240. The van der Waals surface area contributed by atoms with Gasteiger partial charge in [0.25, 0.3) is 17.0 Å². The Balaban J connectivity index is 1.57. The number of anilines is 2. The standard InChI is InChI=1S/C31H32N6O5S2/c1-6-42-30(41)20-12-14-35(15-13-20)26-22(18(2)23(17-32)27(38)33(26)4)16-24-28(39)36(31(43)44-24)25-19(3)34(5)37(29(25)40)21-10-8-7-9-11-21/h7-11,16,20H,6,12-15H2,1-5H3. The summed E-state index contributed by atoms with van der Waals surface area (Å²) in [6.45, 7) is 6.48. The number of nitrogens with zero attached hydrogens (tertiary/aromatic N) is 6. The molecule has 11 nitrogen and oxygen atoms in total. The zero-order chi connectivity index (χ0) is 31.9. The van der Waals surface area contributed by atoms with Gasteiger partial charge in [-0.25, -0.2) is 4.68 Å². The highest BCUT2D eigenvalue weighted by molar-refractivity contribution is 8.27. The molecule has 2 aromatic heterocycles. The molecule has 2 aliphatic rings. The molecule has 0 aliphatic carbocycles. The van der Waals surface area contributed by atoms with E-state index < -0.39 is 11.5 Å². The molecule has 0 saturated carbocycles. The number of benzene rings is 1. The van der Waals surface area contributed by atoms with Crippen molar-refractivity contribution in [1.82, 2.24) is 13.9 Å². The molecule has 0 atom stereocenters. The highest BCUT2D eigenvalue weighted by Gasteiger charge is 2.38. The maximum atomic E-state index is 14.0. The normalized spacial score (nSPS) is 16.6. The van der Waals surface area contributed by atoms with Gasteiger partial charge in [0, 0.05) is 32.7 Å². The smallest absolute Gasteiger partial charge is 0.309 e. The zero-order valence-electron chi connectivity index (χ0n) is 25.1. The van der Waals surface area contributed by atoms with Gasteiger partial charge in [0.1, 0.15) is 23.1 Å². The Morgan fingerprint density at radius 3 is 2.39 bits per heavy atom. The molecule has 5 rings (SSSR count). The lowest BCUT2D eigenvalue weighted by Crippen LogP contribution is -2.40. The summed E-state index contributed by atoms with van der Waals surface area (Å²) in [6, 6.07) is 11.1. The molecule has 0 radical (unpaired) electrons. The van der Waals surface area contributed by atoms with Crippen LogP contribution in [-0.4, -0.2) is 49.8 Å². The molecular formula is C31H32N6O5S2. The molecule has 2 aliphatic heterocycles. The minimum Gasteiger partial charge on any atom is -0.466 e. The number of ether oxygens (including phenoxy) is 1. The number of thioether (sulfide) groups is 1. The van der Waals surface area contributed by atoms with Crippen LogP contribution >= 0.6 is 24.0 Å². The highest BCUT2D eigenvalue weighted by atomic mass is 32.2. The number of esters is 1. The molecule has 4 heterocycles. The van der Waals surface area contributed by atoms with E-state index in [-0.39, 0.29) is 37.9 Å². The number of carbonyl (C=O) groups is 2. The zero-order valence-corrected chi connectivity index (χ0v) is 26.8. The summed E-state index contributed by atoms with van der Waals surface area (Å²) in [5.41, 5.74) is 1.49. The molecule has 228 valence electrons. The Labute approximate surface area is 263 Å². The van der Waals surface area contributed by atoms with E-state index in [0.29, 0.717) is 60.9 Å². The van der Waals surface area contributed by atoms with Crippen molar-refractivity contribution in [3.63, 3.8) is 0 Å². The molecule has 0 N–H and O–H groups in total. The molecule has 13 heteroatoms. The van der Waals surface area contributed by atoms with Gasteiger partial charge < -0.3 is 9.64 Å². The molecule has 1 amide bonds. The second-order valence-electron chi connectivity index (χ2n) is 10.7. The number of rotatable bonds is 6. The van der Waals surface area contributed by atoms with Crippen LogP contribution in [0.3, 0.4) is 0 Å². The molecule has 0 unspecified atom stereocenters. The largest absolute Gasteiger partial charge is 0.466 e. The quantitative estimate of drug-likeness (QED) is 0.228. The van der Waals surface area contributed by atoms with Crippen molar-refractivity contribution in [1.29, 1.82) is 5.26 Å². The monoisotopic (exact) mass is 632 g/mol. The third-order valence-corrected chi connectivity index (χ3v) is 9.50. The molecule has 2 saturated heterocycles. The SMILES string of the molecule is CCOC(=O)C1CCN(c2c(C=C3SC(=S)N(c4c(C)n(C)n(-c5ccccc5)c4=O)C3=O)c(C)c(C#N)c(=O)n2C)CC1. The predicted octanol–water partition coefficient (Wildman–Crippen LogP) is 3.55. The predicted molar refractivity (Wildman–Crippen MR) is 174 cm³/mol. The second kappa shape index (κ2) is 12.3. The van der Waals surface area contributed by atoms with E-state index in [1.54, 1.807) is 57.8 Å². The van der Waals surface area contributed by atoms with Crippen molar-refractivity contribution in [3.05, 3.63) is 78.3 Å². The van der Waals surface area contributed by atoms with E-state index in [9.17, 15) is 24.4 Å². The van der Waals surface area contributed by atoms with E-state index in [1.165, 1.54) is 14.1 Å². The molecular weight excluding hydrogens is 601 g/mol. The van der Waals surface area contributed by atoms with Crippen molar-refractivity contribution in [2.45, 2.75) is 33.6 Å². The Morgan fingerprint density at radius 2 is 1.77 bits per heavy atom. The fraction of sp³-hybridized carbons (Fsp3) is 0.355. The van der Waals surface area contributed by atoms with E-state index >= 15 is 0 Å². The van der Waals surface area contributed by atoms with Gasteiger partial charge in [0.15, 0.2) is 4.32 Å². The molecule has 2 fully saturated rings. The fourth-order valence-electron chi connectivity index (χ4n) is 5.78. The number of aromatic nitrogens is 3. The maximum absolute atomic E-state index is 14.0. The van der Waals surface area contributed by atoms with Crippen LogP contribution in [0.5, 0.6) is 0 Å². The van der Waals surface area contributed by atoms with E-state index in [4.69, 9.17) is 17.0 Å². The molecule has 3 aromatic rings. The number of carbonyl (C=O) groups excluding carboxylic acids is 2. The average Bonchev–Trinajstić information content (AvgIpc) is 3.41. The molecule has 44 heavy (non-hydrogen) atoms. The Kier molecular flexibility index (Phi) is 8.67. The lowest BCUT2D eigenvalue weighted by atomic mass is 9.95. The van der Waals surface area contributed by atoms with Crippen LogP contribution in [0.4, 0.5) is 11.5 Å². The first-order valence-corrected chi connectivity index (χ1v) is 15.4. The van der Waals surface area contributed by atoms with Gasteiger partial charge >= 0.3 is 5.97 Å². The number of piperidine rings is 1. The first kappa shape index (κ1) is 31.0. The van der Waals surface area contributed by atoms with Crippen LogP contribution in [0.15, 0.2) is 44.8 Å². The molecule has 0 bridgehead atoms. The summed E-state index contributed by atoms with van der Waals surface area (Å²) in [5.74, 6) is -0.397. The highest BCUT2D eigenvalue weighted by Crippen LogP contribution is 2.39. The summed E-state index contributed by atoms with van der Waals surface area (Å²) in [5, 5.41) is 9.84. The van der Waals surface area contributed by atoms with Crippen LogP contribution in [0.1, 0.15) is 42.1 Å². The summed E-state index contributed by atoms with van der Waals surface area (Å²) in [7, 11) is 3.34. The fourth-order valence-corrected chi connectivity index (χ4v) is 7.04. The number of thiocarbonyl (C=S) groups is 1. The first-order chi connectivity index (χ1) is 21.0. The number of hydrogen-bond acceptors (Lipinski definition) is 9. The number of para-hydroxylation sites is 1. The average molecular weight is 633 g/mol. The van der Waals surface area contributed by atoms with Crippen LogP contribution in [0.2, 0.25) is 0 Å². The van der Waals surface area contributed by atoms with Gasteiger partial charge in [-0.3, -0.25) is 33.3 Å². The van der Waals surface area contributed by atoms with E-state index in [2.05, 4.69) is 0 Å². The van der Waals surface area contributed by atoms with Crippen molar-refractivity contribution < 1.29 is 14.3 Å². The van der Waals surface area contributed by atoms with Crippen LogP contribution in [-0.2, 0) is 28.4 Å². The van der Waals surface area contributed by atoms with Gasteiger partial charge in [-0.15, -0.1) is 0 Å². The summed E-state index contributed by atoms with van der Waals surface area (Å²) in [6.07, 6.45) is 2.72. The number of pyridine rings is 1. The van der Waals surface area contributed by atoms with Crippen molar-refractivity contribution in [2.75, 3.05) is 29.5 Å². The first-order valence-electron chi connectivity index (χ1n) is 14.2. The van der Waals surface area contributed by atoms with Gasteiger partial charge in [-0.2, -0.15) is 5.26 Å². The van der Waals surface area contributed by atoms with Crippen LogP contribution in [0.25, 0.3) is 11.8 Å². The second-order valence-corrected chi connectivity index (χ2v) is 12.3.